The number of hydrogen-bond acceptors (Lipinski definition) is 5. The van der Waals surface area contributed by atoms with Crippen LogP contribution >= 0.6 is 0 Å². The summed E-state index contributed by atoms with van der Waals surface area (Å²) in [6, 6.07) is 4.92. The summed E-state index contributed by atoms with van der Waals surface area (Å²) in [6.07, 6.45) is -0.860. The van der Waals surface area contributed by atoms with Crippen LogP contribution in [0.1, 0.15) is 5.56 Å². The molecule has 17 heavy (non-hydrogen) atoms. The second kappa shape index (κ2) is 4.19. The highest BCUT2D eigenvalue weighted by molar-refractivity contribution is 7.91. The highest BCUT2D eigenvalue weighted by atomic mass is 32.2. The molecule has 1 saturated heterocycles. The molecule has 0 radical (unpaired) electrons. The van der Waals surface area contributed by atoms with Gasteiger partial charge in [0.25, 0.3) is 0 Å². The number of hydrogen-bond donors (Lipinski definition) is 3. The standard InChI is InChI=1S/C11H16N2O3S/c1-7-2-3-8(12)4-9(7)13-10-5-17(15,16)6-11(10)14/h2-4,10-11,13-14H,5-6,12H2,1H3. The molecule has 1 aromatic rings. The third kappa shape index (κ3) is 2.70. The van der Waals surface area contributed by atoms with E-state index in [9.17, 15) is 13.5 Å². The van der Waals surface area contributed by atoms with Crippen molar-refractivity contribution in [1.29, 1.82) is 0 Å². The Labute approximate surface area is 101 Å². The topological polar surface area (TPSA) is 92.4 Å². The van der Waals surface area contributed by atoms with Gasteiger partial charge in [-0.3, -0.25) is 0 Å². The van der Waals surface area contributed by atoms with Crippen LogP contribution in [0.15, 0.2) is 18.2 Å². The van der Waals surface area contributed by atoms with E-state index in [0.717, 1.165) is 11.3 Å². The van der Waals surface area contributed by atoms with E-state index in [0.29, 0.717) is 5.69 Å². The van der Waals surface area contributed by atoms with Crippen LogP contribution in [-0.2, 0) is 9.84 Å². The lowest BCUT2D eigenvalue weighted by molar-refractivity contribution is 0.190. The van der Waals surface area contributed by atoms with Crippen LogP contribution in [0, 0.1) is 6.92 Å². The zero-order valence-corrected chi connectivity index (χ0v) is 10.4. The van der Waals surface area contributed by atoms with Gasteiger partial charge in [-0.25, -0.2) is 8.42 Å². The number of aliphatic hydroxyl groups is 1. The Kier molecular flexibility index (Phi) is 3.01. The number of aliphatic hydroxyl groups excluding tert-OH is 1. The summed E-state index contributed by atoms with van der Waals surface area (Å²) >= 11 is 0. The third-order valence-corrected chi connectivity index (χ3v) is 4.64. The second-order valence-electron chi connectivity index (χ2n) is 4.47. The molecular formula is C11H16N2O3S. The van der Waals surface area contributed by atoms with Crippen molar-refractivity contribution in [2.75, 3.05) is 22.6 Å². The van der Waals surface area contributed by atoms with E-state index in [1.807, 2.05) is 13.0 Å². The summed E-state index contributed by atoms with van der Waals surface area (Å²) in [6.45, 7) is 1.90. The number of rotatable bonds is 2. The fourth-order valence-electron chi connectivity index (χ4n) is 1.96. The molecule has 0 aromatic heterocycles. The van der Waals surface area contributed by atoms with E-state index in [-0.39, 0.29) is 11.5 Å². The van der Waals surface area contributed by atoms with E-state index in [4.69, 9.17) is 5.73 Å². The maximum Gasteiger partial charge on any atom is 0.155 e. The summed E-state index contributed by atoms with van der Waals surface area (Å²) in [7, 11) is -3.13. The van der Waals surface area contributed by atoms with Crippen molar-refractivity contribution >= 4 is 21.2 Å². The van der Waals surface area contributed by atoms with Gasteiger partial charge in [-0.1, -0.05) is 6.07 Å². The van der Waals surface area contributed by atoms with E-state index >= 15 is 0 Å². The quantitative estimate of drug-likeness (QED) is 0.655. The molecule has 0 amide bonds. The molecule has 4 N–H and O–H groups in total. The van der Waals surface area contributed by atoms with Crippen LogP contribution in [0.4, 0.5) is 11.4 Å². The normalized spacial score (nSPS) is 26.9. The van der Waals surface area contributed by atoms with Crippen LogP contribution in [0.2, 0.25) is 0 Å². The number of benzene rings is 1. The van der Waals surface area contributed by atoms with Crippen LogP contribution in [0.3, 0.4) is 0 Å². The van der Waals surface area contributed by atoms with E-state index in [1.54, 1.807) is 12.1 Å². The minimum absolute atomic E-state index is 0.0393. The highest BCUT2D eigenvalue weighted by Crippen LogP contribution is 2.22. The summed E-state index contributed by atoms with van der Waals surface area (Å²) in [5.74, 6) is -0.214. The van der Waals surface area contributed by atoms with Gasteiger partial charge in [0.2, 0.25) is 0 Å². The Balaban J connectivity index is 2.19. The molecule has 94 valence electrons. The average Bonchev–Trinajstić information content (AvgIpc) is 2.46. The molecule has 2 rings (SSSR count). The first-order valence-electron chi connectivity index (χ1n) is 5.38. The monoisotopic (exact) mass is 256 g/mol. The van der Waals surface area contributed by atoms with Gasteiger partial charge in [-0.2, -0.15) is 0 Å². The Bertz CT molecular complexity index is 528. The summed E-state index contributed by atoms with van der Waals surface area (Å²) in [4.78, 5) is 0. The van der Waals surface area contributed by atoms with Crippen LogP contribution < -0.4 is 11.1 Å². The summed E-state index contributed by atoms with van der Waals surface area (Å²) in [5.41, 5.74) is 8.01. The van der Waals surface area contributed by atoms with Crippen molar-refractivity contribution in [3.05, 3.63) is 23.8 Å². The predicted molar refractivity (Wildman–Crippen MR) is 67.7 cm³/mol. The van der Waals surface area contributed by atoms with Gasteiger partial charge in [-0.15, -0.1) is 0 Å². The third-order valence-electron chi connectivity index (χ3n) is 2.93. The molecule has 0 saturated carbocycles. The molecule has 5 nitrogen and oxygen atoms in total. The van der Waals surface area contributed by atoms with Crippen molar-refractivity contribution < 1.29 is 13.5 Å². The molecule has 1 fully saturated rings. The Hall–Kier alpha value is -1.27. The van der Waals surface area contributed by atoms with Gasteiger partial charge >= 0.3 is 0 Å². The minimum Gasteiger partial charge on any atom is -0.399 e. The number of nitrogens with one attached hydrogen (secondary N) is 1. The first kappa shape index (κ1) is 12.2. The van der Waals surface area contributed by atoms with Crippen molar-refractivity contribution in [1.82, 2.24) is 0 Å². The fourth-order valence-corrected chi connectivity index (χ4v) is 3.70. The van der Waals surface area contributed by atoms with Gasteiger partial charge in [-0.05, 0) is 24.6 Å². The number of nitrogens with two attached hydrogens (primary N) is 1. The van der Waals surface area contributed by atoms with Crippen molar-refractivity contribution in [3.8, 4) is 0 Å². The molecule has 2 unspecified atom stereocenters. The number of aryl methyl sites for hydroxylation is 1. The number of nitrogen functional groups attached to an aromatic ring is 1. The Morgan fingerprint density at radius 1 is 1.41 bits per heavy atom. The molecule has 2 atom stereocenters. The number of sulfone groups is 1. The average molecular weight is 256 g/mol. The largest absolute Gasteiger partial charge is 0.399 e. The summed E-state index contributed by atoms with van der Waals surface area (Å²) < 4.78 is 22.7. The first-order chi connectivity index (χ1) is 7.87. The maximum absolute atomic E-state index is 11.4. The van der Waals surface area contributed by atoms with Crippen LogP contribution in [0.25, 0.3) is 0 Å². The highest BCUT2D eigenvalue weighted by Gasteiger charge is 2.36. The first-order valence-corrected chi connectivity index (χ1v) is 7.21. The lowest BCUT2D eigenvalue weighted by Gasteiger charge is -2.18. The minimum atomic E-state index is -3.13. The lowest BCUT2D eigenvalue weighted by Crippen LogP contribution is -2.32. The molecule has 1 aromatic carbocycles. The zero-order chi connectivity index (χ0) is 12.6. The molecule has 6 heteroatoms. The van der Waals surface area contributed by atoms with Gasteiger partial charge in [0.05, 0.1) is 23.7 Å². The molecular weight excluding hydrogens is 240 g/mol. The molecule has 1 heterocycles. The lowest BCUT2D eigenvalue weighted by atomic mass is 10.1. The fraction of sp³-hybridized carbons (Fsp3) is 0.455. The summed E-state index contributed by atoms with van der Waals surface area (Å²) in [5, 5.41) is 12.7. The van der Waals surface area contributed by atoms with Crippen molar-refractivity contribution in [2.24, 2.45) is 0 Å². The van der Waals surface area contributed by atoms with E-state index in [1.165, 1.54) is 0 Å². The van der Waals surface area contributed by atoms with Gasteiger partial charge in [0.1, 0.15) is 0 Å². The second-order valence-corrected chi connectivity index (χ2v) is 6.62. The van der Waals surface area contributed by atoms with Crippen molar-refractivity contribution in [3.63, 3.8) is 0 Å². The van der Waals surface area contributed by atoms with Crippen LogP contribution in [-0.4, -0.2) is 37.2 Å². The molecule has 0 spiro atoms. The smallest absolute Gasteiger partial charge is 0.155 e. The van der Waals surface area contributed by atoms with Gasteiger partial charge in [0, 0.05) is 11.4 Å². The maximum atomic E-state index is 11.4. The van der Waals surface area contributed by atoms with E-state index in [2.05, 4.69) is 5.32 Å². The van der Waals surface area contributed by atoms with Crippen LogP contribution in [0.5, 0.6) is 0 Å². The molecule has 1 aliphatic rings. The van der Waals surface area contributed by atoms with Crippen molar-refractivity contribution in [2.45, 2.75) is 19.1 Å². The predicted octanol–water partition coefficient (Wildman–Crippen LogP) is 0.147. The molecule has 0 aliphatic carbocycles. The zero-order valence-electron chi connectivity index (χ0n) is 9.55. The van der Waals surface area contributed by atoms with Gasteiger partial charge in [0.15, 0.2) is 9.84 Å². The SMILES string of the molecule is Cc1ccc(N)cc1NC1CS(=O)(=O)CC1O. The molecule has 1 aliphatic heterocycles. The van der Waals surface area contributed by atoms with E-state index < -0.39 is 22.0 Å². The number of anilines is 2. The molecule has 0 bridgehead atoms. The Morgan fingerprint density at radius 2 is 2.12 bits per heavy atom. The Morgan fingerprint density at radius 3 is 2.71 bits per heavy atom. The van der Waals surface area contributed by atoms with Gasteiger partial charge < -0.3 is 16.2 Å².